The number of hydrogen-bond acceptors (Lipinski definition) is 8. The molecule has 0 unspecified atom stereocenters. The normalized spacial score (nSPS) is 16.7. The summed E-state index contributed by atoms with van der Waals surface area (Å²) < 4.78 is 9.53. The van der Waals surface area contributed by atoms with Gasteiger partial charge in [-0.15, -0.1) is 5.10 Å². The molecule has 1 fully saturated rings. The summed E-state index contributed by atoms with van der Waals surface area (Å²) in [6.45, 7) is 3.12. The zero-order valence-corrected chi connectivity index (χ0v) is 17.7. The number of H-pyrrole nitrogens is 1. The quantitative estimate of drug-likeness (QED) is 0.522. The van der Waals surface area contributed by atoms with Gasteiger partial charge in [-0.2, -0.15) is 5.10 Å². The van der Waals surface area contributed by atoms with Crippen LogP contribution in [0.2, 0.25) is 0 Å². The molecule has 0 aliphatic carbocycles. The monoisotopic (exact) mass is 436 g/mol. The number of nitrogens with one attached hydrogen (secondary N) is 1. The zero-order valence-electron chi connectivity index (χ0n) is 16.9. The molecule has 0 saturated carbocycles. The first-order valence-electron chi connectivity index (χ1n) is 10.1. The van der Waals surface area contributed by atoms with E-state index >= 15 is 0 Å². The van der Waals surface area contributed by atoms with Crippen LogP contribution in [0.1, 0.15) is 35.8 Å². The number of rotatable bonds is 4. The number of fused-ring (bicyclic) bond motifs is 1. The fourth-order valence-electron chi connectivity index (χ4n) is 4.09. The Kier molecular flexibility index (Phi) is 5.06. The molecule has 1 amide bonds. The van der Waals surface area contributed by atoms with Gasteiger partial charge in [0.05, 0.1) is 28.9 Å². The highest BCUT2D eigenvalue weighted by Crippen LogP contribution is 2.35. The predicted octanol–water partition coefficient (Wildman–Crippen LogP) is 2.69. The molecular formula is C21H20N6O3S. The van der Waals surface area contributed by atoms with Crippen LogP contribution < -0.4 is 5.56 Å². The van der Waals surface area contributed by atoms with Crippen molar-refractivity contribution in [3.8, 4) is 10.6 Å². The Bertz CT molecular complexity index is 1310. The molecule has 1 aliphatic rings. The van der Waals surface area contributed by atoms with Crippen molar-refractivity contribution in [2.24, 2.45) is 0 Å². The summed E-state index contributed by atoms with van der Waals surface area (Å²) in [7, 11) is 0. The minimum atomic E-state index is -0.254. The van der Waals surface area contributed by atoms with Crippen molar-refractivity contribution in [3.63, 3.8) is 0 Å². The summed E-state index contributed by atoms with van der Waals surface area (Å²) in [6, 6.07) is 9.08. The standard InChI is InChI=1S/C21H20N6O3S/c1-12-9-17(30-25-12)20-19(23-26-31-20)13-5-4-8-27(11-13)18(28)10-16-14-6-2-3-7-15(14)21(29)24-22-16/h2-3,6-7,9,13H,4-5,8,10-11H2,1H3,(H,24,29)/t13-/m1/s1. The van der Waals surface area contributed by atoms with Crippen LogP contribution in [0.5, 0.6) is 0 Å². The Labute approximate surface area is 181 Å². The van der Waals surface area contributed by atoms with Gasteiger partial charge in [0.15, 0.2) is 5.76 Å². The van der Waals surface area contributed by atoms with E-state index in [1.165, 1.54) is 11.5 Å². The number of hydrogen-bond donors (Lipinski definition) is 1. The van der Waals surface area contributed by atoms with Gasteiger partial charge in [-0.1, -0.05) is 27.8 Å². The number of piperidine rings is 1. The van der Waals surface area contributed by atoms with Crippen LogP contribution in [0.3, 0.4) is 0 Å². The lowest BCUT2D eigenvalue weighted by atomic mass is 9.93. The summed E-state index contributed by atoms with van der Waals surface area (Å²) >= 11 is 1.28. The molecule has 1 atom stereocenters. The van der Waals surface area contributed by atoms with E-state index in [0.29, 0.717) is 35.3 Å². The van der Waals surface area contributed by atoms with E-state index in [4.69, 9.17) is 4.52 Å². The van der Waals surface area contributed by atoms with Crippen LogP contribution in [0, 0.1) is 6.92 Å². The Morgan fingerprint density at radius 1 is 1.32 bits per heavy atom. The number of aromatic nitrogens is 5. The molecule has 0 spiro atoms. The third-order valence-electron chi connectivity index (χ3n) is 5.62. The van der Waals surface area contributed by atoms with Crippen LogP contribution >= 0.6 is 11.5 Å². The Morgan fingerprint density at radius 2 is 2.16 bits per heavy atom. The Balaban J connectivity index is 1.36. The van der Waals surface area contributed by atoms with Gasteiger partial charge in [-0.25, -0.2) is 5.10 Å². The molecular weight excluding hydrogens is 416 g/mol. The second-order valence-corrected chi connectivity index (χ2v) is 8.47. The summed E-state index contributed by atoms with van der Waals surface area (Å²) in [4.78, 5) is 27.8. The highest BCUT2D eigenvalue weighted by Gasteiger charge is 2.30. The molecule has 31 heavy (non-hydrogen) atoms. The molecule has 1 saturated heterocycles. The van der Waals surface area contributed by atoms with Gasteiger partial charge in [0, 0.05) is 30.5 Å². The van der Waals surface area contributed by atoms with E-state index in [1.807, 2.05) is 30.0 Å². The predicted molar refractivity (Wildman–Crippen MR) is 115 cm³/mol. The van der Waals surface area contributed by atoms with Crippen molar-refractivity contribution in [2.45, 2.75) is 32.1 Å². The van der Waals surface area contributed by atoms with E-state index in [2.05, 4.69) is 24.9 Å². The molecule has 158 valence electrons. The number of likely N-dealkylation sites (tertiary alicyclic amines) is 1. The van der Waals surface area contributed by atoms with E-state index in [1.54, 1.807) is 12.1 Å². The number of amides is 1. The molecule has 0 radical (unpaired) electrons. The second kappa shape index (κ2) is 8.03. The Morgan fingerprint density at radius 3 is 2.97 bits per heavy atom. The van der Waals surface area contributed by atoms with E-state index in [0.717, 1.165) is 29.1 Å². The molecule has 5 rings (SSSR count). The summed E-state index contributed by atoms with van der Waals surface area (Å²) in [5.74, 6) is 0.724. The van der Waals surface area contributed by atoms with Gasteiger partial charge in [-0.05, 0) is 37.4 Å². The molecule has 1 N–H and O–H groups in total. The molecule has 0 bridgehead atoms. The molecule has 10 heteroatoms. The smallest absolute Gasteiger partial charge is 0.272 e. The SMILES string of the molecule is Cc1cc(-c2snnc2[C@@H]2CCCN(C(=O)Cc3n[nH]c(=O)c4ccccc34)C2)on1. The van der Waals surface area contributed by atoms with Crippen LogP contribution in [0.4, 0.5) is 0 Å². The second-order valence-electron chi connectivity index (χ2n) is 7.72. The highest BCUT2D eigenvalue weighted by molar-refractivity contribution is 7.09. The molecule has 4 aromatic rings. The minimum Gasteiger partial charge on any atom is -0.355 e. The highest BCUT2D eigenvalue weighted by atomic mass is 32.1. The van der Waals surface area contributed by atoms with Crippen molar-refractivity contribution >= 4 is 28.2 Å². The van der Waals surface area contributed by atoms with Crippen LogP contribution in [-0.4, -0.2) is 48.8 Å². The van der Waals surface area contributed by atoms with Gasteiger partial charge < -0.3 is 9.42 Å². The number of benzene rings is 1. The van der Waals surface area contributed by atoms with Crippen molar-refractivity contribution in [1.29, 1.82) is 0 Å². The van der Waals surface area contributed by atoms with Gasteiger partial charge in [0.2, 0.25) is 5.91 Å². The average Bonchev–Trinajstić information content (AvgIpc) is 3.45. The van der Waals surface area contributed by atoms with E-state index in [-0.39, 0.29) is 23.8 Å². The fourth-order valence-corrected chi connectivity index (χ4v) is 4.79. The first-order chi connectivity index (χ1) is 15.1. The minimum absolute atomic E-state index is 0.0188. The van der Waals surface area contributed by atoms with Crippen LogP contribution in [0.15, 0.2) is 39.6 Å². The average molecular weight is 436 g/mol. The maximum absolute atomic E-state index is 13.1. The fraction of sp³-hybridized carbons (Fsp3) is 0.333. The zero-order chi connectivity index (χ0) is 21.4. The van der Waals surface area contributed by atoms with E-state index < -0.39 is 0 Å². The lowest BCUT2D eigenvalue weighted by Crippen LogP contribution is -2.40. The maximum Gasteiger partial charge on any atom is 0.272 e. The lowest BCUT2D eigenvalue weighted by molar-refractivity contribution is -0.131. The molecule has 9 nitrogen and oxygen atoms in total. The van der Waals surface area contributed by atoms with Crippen LogP contribution in [-0.2, 0) is 11.2 Å². The number of nitrogens with zero attached hydrogens (tertiary/aromatic N) is 5. The van der Waals surface area contributed by atoms with Crippen molar-refractivity contribution in [2.75, 3.05) is 13.1 Å². The molecule has 4 heterocycles. The number of carbonyl (C=O) groups excluding carboxylic acids is 1. The van der Waals surface area contributed by atoms with Gasteiger partial charge >= 0.3 is 0 Å². The summed E-state index contributed by atoms with van der Waals surface area (Å²) in [6.07, 6.45) is 1.94. The molecule has 1 aliphatic heterocycles. The number of aromatic amines is 1. The third kappa shape index (κ3) is 3.74. The maximum atomic E-state index is 13.1. The lowest BCUT2D eigenvalue weighted by Gasteiger charge is -2.32. The Hall–Kier alpha value is -3.40. The van der Waals surface area contributed by atoms with Gasteiger partial charge in [0.25, 0.3) is 5.56 Å². The van der Waals surface area contributed by atoms with Crippen molar-refractivity contribution in [3.05, 3.63) is 57.8 Å². The van der Waals surface area contributed by atoms with Gasteiger partial charge in [-0.3, -0.25) is 9.59 Å². The van der Waals surface area contributed by atoms with Crippen molar-refractivity contribution in [1.82, 2.24) is 29.8 Å². The van der Waals surface area contributed by atoms with Crippen LogP contribution in [0.25, 0.3) is 21.4 Å². The van der Waals surface area contributed by atoms with Crippen molar-refractivity contribution < 1.29 is 9.32 Å². The summed E-state index contributed by atoms with van der Waals surface area (Å²) in [5.41, 5.74) is 1.98. The van der Waals surface area contributed by atoms with Gasteiger partial charge in [0.1, 0.15) is 4.88 Å². The first kappa shape index (κ1) is 19.6. The molecule has 3 aromatic heterocycles. The topological polar surface area (TPSA) is 118 Å². The third-order valence-corrected chi connectivity index (χ3v) is 6.38. The largest absolute Gasteiger partial charge is 0.355 e. The van der Waals surface area contributed by atoms with E-state index in [9.17, 15) is 9.59 Å². The summed E-state index contributed by atoms with van der Waals surface area (Å²) in [5, 5.41) is 16.2. The number of carbonyl (C=O) groups is 1. The molecule has 1 aromatic carbocycles. The number of aryl methyl sites for hydroxylation is 1. The first-order valence-corrected chi connectivity index (χ1v) is 10.9.